The van der Waals surface area contributed by atoms with Crippen LogP contribution in [0.25, 0.3) is 16.8 Å². The molecule has 16 heavy (non-hydrogen) atoms. The first kappa shape index (κ1) is 9.92. The Morgan fingerprint density at radius 2 is 1.88 bits per heavy atom. The largest absolute Gasteiger partial charge is 0.113 e. The zero-order chi connectivity index (χ0) is 11.1. The lowest BCUT2D eigenvalue weighted by molar-refractivity contribution is 0.989. The van der Waals surface area contributed by atoms with Crippen molar-refractivity contribution in [3.63, 3.8) is 0 Å². The minimum absolute atomic E-state index is 0.0450. The molecule has 0 aromatic heterocycles. The van der Waals surface area contributed by atoms with Crippen molar-refractivity contribution in [2.45, 2.75) is 18.7 Å². The van der Waals surface area contributed by atoms with Gasteiger partial charge < -0.3 is 0 Å². The van der Waals surface area contributed by atoms with E-state index in [2.05, 4.69) is 49.4 Å². The summed E-state index contributed by atoms with van der Waals surface area (Å²) in [4.78, 5) is 0. The molecule has 1 heteroatoms. The van der Waals surface area contributed by atoms with Gasteiger partial charge in [-0.3, -0.25) is 0 Å². The Bertz CT molecular complexity index is 576. The maximum Gasteiger partial charge on any atom is 0.0804 e. The van der Waals surface area contributed by atoms with Crippen LogP contribution < -0.4 is 0 Å². The molecule has 0 saturated carbocycles. The fraction of sp³-hybridized carbons (Fsp3) is 0.200. The Balaban J connectivity index is 2.41. The van der Waals surface area contributed by atoms with Crippen molar-refractivity contribution in [3.05, 3.63) is 53.1 Å². The van der Waals surface area contributed by atoms with Crippen LogP contribution in [-0.4, -0.2) is 0 Å². The normalized spacial score (nSPS) is 18.6. The fourth-order valence-corrected chi connectivity index (χ4v) is 2.88. The number of hydrogen-bond donors (Lipinski definition) is 0. The molecular weight excluding hydrogens is 216 g/mol. The Hall–Kier alpha value is -1.27. The monoisotopic (exact) mass is 228 g/mol. The van der Waals surface area contributed by atoms with Gasteiger partial charge in [-0.25, -0.2) is 0 Å². The van der Waals surface area contributed by atoms with E-state index in [0.717, 1.165) is 6.42 Å². The van der Waals surface area contributed by atoms with Gasteiger partial charge in [-0.15, -0.1) is 11.6 Å². The van der Waals surface area contributed by atoms with E-state index >= 15 is 0 Å². The average Bonchev–Trinajstić information content (AvgIpc) is 2.33. The van der Waals surface area contributed by atoms with Crippen molar-refractivity contribution in [2.75, 3.05) is 0 Å². The number of alkyl halides is 1. The predicted molar refractivity (Wildman–Crippen MR) is 70.8 cm³/mol. The molecule has 2 aromatic carbocycles. The molecule has 0 radical (unpaired) electrons. The quantitative estimate of drug-likeness (QED) is 0.608. The standard InChI is InChI=1S/C15H13Cl/c1-2-10-9-12-7-3-5-11-6-4-8-13(14(11)12)15(10)16/h3-9,15H,2H2,1H3. The van der Waals surface area contributed by atoms with Crippen LogP contribution in [0.3, 0.4) is 0 Å². The molecule has 0 saturated heterocycles. The minimum atomic E-state index is 0.0450. The SMILES string of the molecule is CCC1=Cc2cccc3cccc(c23)C1Cl. The summed E-state index contributed by atoms with van der Waals surface area (Å²) in [5.74, 6) is 0. The van der Waals surface area contributed by atoms with Crippen LogP contribution in [0, 0.1) is 0 Å². The van der Waals surface area contributed by atoms with Gasteiger partial charge in [0.25, 0.3) is 0 Å². The number of benzene rings is 2. The predicted octanol–water partition coefficient (Wildman–Crippen LogP) is 4.93. The van der Waals surface area contributed by atoms with Crippen molar-refractivity contribution in [2.24, 2.45) is 0 Å². The first-order valence-electron chi connectivity index (χ1n) is 5.67. The zero-order valence-corrected chi connectivity index (χ0v) is 9.96. The molecule has 80 valence electrons. The van der Waals surface area contributed by atoms with Gasteiger partial charge in [0.1, 0.15) is 0 Å². The van der Waals surface area contributed by atoms with Gasteiger partial charge in [-0.2, -0.15) is 0 Å². The molecule has 0 spiro atoms. The number of halogens is 1. The highest BCUT2D eigenvalue weighted by atomic mass is 35.5. The average molecular weight is 229 g/mol. The van der Waals surface area contributed by atoms with Crippen LogP contribution >= 0.6 is 11.6 Å². The van der Waals surface area contributed by atoms with Gasteiger partial charge in [0.05, 0.1) is 5.38 Å². The number of rotatable bonds is 1. The van der Waals surface area contributed by atoms with E-state index in [1.807, 2.05) is 0 Å². The lowest BCUT2D eigenvalue weighted by Gasteiger charge is -2.22. The van der Waals surface area contributed by atoms with E-state index in [1.54, 1.807) is 0 Å². The topological polar surface area (TPSA) is 0 Å². The third-order valence-electron chi connectivity index (χ3n) is 3.32. The Labute approximate surface area is 101 Å². The van der Waals surface area contributed by atoms with Crippen LogP contribution in [0.15, 0.2) is 42.0 Å². The number of hydrogen-bond acceptors (Lipinski definition) is 0. The smallest absolute Gasteiger partial charge is 0.0804 e. The lowest BCUT2D eigenvalue weighted by Crippen LogP contribution is -2.01. The third kappa shape index (κ3) is 1.30. The molecule has 1 aliphatic carbocycles. The summed E-state index contributed by atoms with van der Waals surface area (Å²) in [6, 6.07) is 12.8. The zero-order valence-electron chi connectivity index (χ0n) is 9.20. The molecule has 0 N–H and O–H groups in total. The summed E-state index contributed by atoms with van der Waals surface area (Å²) in [6.45, 7) is 2.16. The van der Waals surface area contributed by atoms with E-state index in [0.29, 0.717) is 0 Å². The second kappa shape index (κ2) is 3.64. The maximum atomic E-state index is 6.51. The van der Waals surface area contributed by atoms with E-state index < -0.39 is 0 Å². The summed E-state index contributed by atoms with van der Waals surface area (Å²) in [7, 11) is 0. The van der Waals surface area contributed by atoms with Gasteiger partial charge in [0, 0.05) is 0 Å². The minimum Gasteiger partial charge on any atom is -0.113 e. The second-order valence-electron chi connectivity index (χ2n) is 4.23. The van der Waals surface area contributed by atoms with Crippen LogP contribution in [0.2, 0.25) is 0 Å². The van der Waals surface area contributed by atoms with Crippen LogP contribution in [0.4, 0.5) is 0 Å². The Morgan fingerprint density at radius 1 is 1.12 bits per heavy atom. The summed E-state index contributed by atoms with van der Waals surface area (Å²) in [5.41, 5.74) is 3.88. The molecule has 0 nitrogen and oxygen atoms in total. The van der Waals surface area contributed by atoms with Gasteiger partial charge in [0.15, 0.2) is 0 Å². The first-order chi connectivity index (χ1) is 7.81. The second-order valence-corrected chi connectivity index (χ2v) is 4.66. The molecule has 1 aliphatic rings. The van der Waals surface area contributed by atoms with Crippen molar-refractivity contribution < 1.29 is 0 Å². The molecule has 0 bridgehead atoms. The fourth-order valence-electron chi connectivity index (χ4n) is 2.49. The Morgan fingerprint density at radius 3 is 2.62 bits per heavy atom. The van der Waals surface area contributed by atoms with Crippen molar-refractivity contribution in [1.82, 2.24) is 0 Å². The molecule has 3 rings (SSSR count). The third-order valence-corrected chi connectivity index (χ3v) is 3.83. The van der Waals surface area contributed by atoms with Gasteiger partial charge in [-0.1, -0.05) is 49.4 Å². The highest BCUT2D eigenvalue weighted by molar-refractivity contribution is 6.25. The van der Waals surface area contributed by atoms with Gasteiger partial charge >= 0.3 is 0 Å². The molecule has 0 amide bonds. The molecule has 0 fully saturated rings. The van der Waals surface area contributed by atoms with Crippen LogP contribution in [-0.2, 0) is 0 Å². The van der Waals surface area contributed by atoms with Crippen LogP contribution in [0.5, 0.6) is 0 Å². The molecular formula is C15H13Cl. The molecule has 1 unspecified atom stereocenters. The number of allylic oxidation sites excluding steroid dienone is 1. The van der Waals surface area contributed by atoms with Gasteiger partial charge in [-0.05, 0) is 33.9 Å². The van der Waals surface area contributed by atoms with E-state index in [9.17, 15) is 0 Å². The van der Waals surface area contributed by atoms with E-state index in [1.165, 1.54) is 27.5 Å². The van der Waals surface area contributed by atoms with E-state index in [-0.39, 0.29) is 5.38 Å². The summed E-state index contributed by atoms with van der Waals surface area (Å²) < 4.78 is 0. The summed E-state index contributed by atoms with van der Waals surface area (Å²) in [6.07, 6.45) is 3.26. The first-order valence-corrected chi connectivity index (χ1v) is 6.11. The molecule has 0 aliphatic heterocycles. The molecule has 1 atom stereocenters. The molecule has 2 aromatic rings. The summed E-state index contributed by atoms with van der Waals surface area (Å²) >= 11 is 6.51. The van der Waals surface area contributed by atoms with Gasteiger partial charge in [0.2, 0.25) is 0 Å². The van der Waals surface area contributed by atoms with Crippen molar-refractivity contribution >= 4 is 28.4 Å². The van der Waals surface area contributed by atoms with Crippen molar-refractivity contribution in [1.29, 1.82) is 0 Å². The van der Waals surface area contributed by atoms with E-state index in [4.69, 9.17) is 11.6 Å². The van der Waals surface area contributed by atoms with Crippen LogP contribution in [0.1, 0.15) is 29.8 Å². The highest BCUT2D eigenvalue weighted by Gasteiger charge is 2.20. The lowest BCUT2D eigenvalue weighted by atomic mass is 9.88. The Kier molecular flexibility index (Phi) is 2.26. The van der Waals surface area contributed by atoms with Crippen molar-refractivity contribution in [3.8, 4) is 0 Å². The maximum absolute atomic E-state index is 6.51. The highest BCUT2D eigenvalue weighted by Crippen LogP contribution is 2.41. The molecule has 0 heterocycles. The summed E-state index contributed by atoms with van der Waals surface area (Å²) in [5, 5.41) is 2.65.